The van der Waals surface area contributed by atoms with Gasteiger partial charge in [0.1, 0.15) is 26.4 Å². The van der Waals surface area contributed by atoms with E-state index >= 15 is 0 Å². The number of anilines is 3. The monoisotopic (exact) mass is 1440 g/mol. The van der Waals surface area contributed by atoms with Crippen molar-refractivity contribution in [3.63, 3.8) is 0 Å². The van der Waals surface area contributed by atoms with Crippen LogP contribution >= 0.6 is 51.5 Å². The molecule has 88 heavy (non-hydrogen) atoms. The summed E-state index contributed by atoms with van der Waals surface area (Å²) in [5.41, 5.74) is 8.37. The largest absolute Gasteiger partial charge is 0.643 e. The van der Waals surface area contributed by atoms with Crippen molar-refractivity contribution in [3.05, 3.63) is 155 Å². The number of hydrogen-bond acceptors (Lipinski definition) is 16. The Balaban J connectivity index is 0.000000176. The summed E-state index contributed by atoms with van der Waals surface area (Å²) in [6, 6.07) is 37.6. The van der Waals surface area contributed by atoms with Crippen molar-refractivity contribution in [1.29, 1.82) is 0 Å². The molecule has 1 aliphatic carbocycles. The molecule has 6 aromatic rings. The zero-order valence-electron chi connectivity index (χ0n) is 48.4. The van der Waals surface area contributed by atoms with Gasteiger partial charge in [-0.25, -0.2) is 80.7 Å². The fraction of sp³-hybridized carbons (Fsp3) is 0.368. The molecule has 5 aliphatic heterocycles. The Kier molecular flexibility index (Phi) is 26.6. The maximum atomic E-state index is 13.1. The first-order valence-electron chi connectivity index (χ1n) is 27.3. The van der Waals surface area contributed by atoms with Gasteiger partial charge < -0.3 is 18.9 Å². The summed E-state index contributed by atoms with van der Waals surface area (Å²) in [7, 11) is 4.25. The van der Waals surface area contributed by atoms with Gasteiger partial charge in [0.15, 0.2) is 23.0 Å². The van der Waals surface area contributed by atoms with E-state index < -0.39 is 69.4 Å². The van der Waals surface area contributed by atoms with Gasteiger partial charge in [-0.3, -0.25) is 12.9 Å². The molecule has 12 rings (SSSR count). The lowest BCUT2D eigenvalue weighted by atomic mass is 9.92. The van der Waals surface area contributed by atoms with Gasteiger partial charge in [-0.05, 0) is 147 Å². The Morgan fingerprint density at radius 2 is 0.659 bits per heavy atom. The summed E-state index contributed by atoms with van der Waals surface area (Å²) < 4.78 is 162. The van der Waals surface area contributed by atoms with Crippen molar-refractivity contribution >= 4 is 138 Å². The summed E-state index contributed by atoms with van der Waals surface area (Å²) in [6.45, 7) is 3.31. The van der Waals surface area contributed by atoms with E-state index in [9.17, 15) is 50.5 Å². The van der Waals surface area contributed by atoms with Gasteiger partial charge in [0.05, 0.1) is 56.8 Å². The van der Waals surface area contributed by atoms with Gasteiger partial charge in [-0.2, -0.15) is 0 Å². The number of rotatable bonds is 6. The fourth-order valence-electron chi connectivity index (χ4n) is 9.92. The van der Waals surface area contributed by atoms with Crippen LogP contribution in [0, 0.1) is 0 Å². The lowest BCUT2D eigenvalue weighted by Crippen LogP contribution is -2.34. The minimum Gasteiger partial charge on any atom is -0.486 e. The zero-order valence-corrected chi connectivity index (χ0v) is 58.3. The SMILES string of the molecule is CS(=O)(=O)Cl.CS(=O)(=O)N1CCCc2cc(S(=O)(=O)c3ccc4c(c3)OCCO4)ccc21.CS(=O)(=O)N1CCCc2ccccc21.CS(=O)(=O)N1CCCc2ccccc21.O=S(=O)(Cl)c1ccc2c(c1)OCCO2.[Cl][Al]([Cl])[Cl].c1ccc2c(c1)CCCC2. The summed E-state index contributed by atoms with van der Waals surface area (Å²) in [5, 5.41) is 0. The normalized spacial score (nSPS) is 15.6. The number of halogens is 5. The van der Waals surface area contributed by atoms with Crippen molar-refractivity contribution in [3.8, 4) is 23.0 Å². The minimum atomic E-state index is -3.76. The maximum absolute atomic E-state index is 13.1. The molecule has 6 aromatic carbocycles. The molecule has 0 amide bonds. The minimum absolute atomic E-state index is 0.0171. The van der Waals surface area contributed by atoms with Gasteiger partial charge >= 0.3 is 11.4 Å². The fourth-order valence-corrected chi connectivity index (χ4v) is 15.0. The lowest BCUT2D eigenvalue weighted by Gasteiger charge is -2.29. The zero-order chi connectivity index (χ0) is 64.7. The van der Waals surface area contributed by atoms with Crippen LogP contribution in [0.1, 0.15) is 59.9 Å². The van der Waals surface area contributed by atoms with Crippen molar-refractivity contribution in [1.82, 2.24) is 0 Å². The first-order valence-corrected chi connectivity index (χ1v) is 44.6. The van der Waals surface area contributed by atoms with E-state index in [2.05, 4.69) is 34.9 Å². The van der Waals surface area contributed by atoms with E-state index in [4.69, 9.17) is 59.8 Å². The average Bonchev–Trinajstić information content (AvgIpc) is 1.45. The van der Waals surface area contributed by atoms with Crippen molar-refractivity contribution in [2.45, 2.75) is 78.9 Å². The number of ether oxygens (including phenoxy) is 4. The molecule has 0 atom stereocenters. The van der Waals surface area contributed by atoms with Crippen LogP contribution in [-0.2, 0) is 90.1 Å². The molecule has 5 heterocycles. The van der Waals surface area contributed by atoms with Crippen LogP contribution < -0.4 is 31.9 Å². The third-order valence-corrected chi connectivity index (χ3v) is 20.3. The Morgan fingerprint density at radius 1 is 0.364 bits per heavy atom. The van der Waals surface area contributed by atoms with E-state index in [1.807, 2.05) is 48.5 Å². The Bertz CT molecular complexity index is 3980. The highest BCUT2D eigenvalue weighted by atomic mass is 35.8. The highest BCUT2D eigenvalue weighted by Gasteiger charge is 2.29. The van der Waals surface area contributed by atoms with Gasteiger partial charge in [-0.15, -0.1) is 0 Å². The molecular weight excluding hydrogens is 1380 g/mol. The number of sulfone groups is 1. The van der Waals surface area contributed by atoms with Crippen LogP contribution in [0.15, 0.2) is 142 Å². The molecule has 31 heteroatoms. The molecule has 6 aliphatic rings. The maximum Gasteiger partial charge on any atom is 0.643 e. The van der Waals surface area contributed by atoms with Crippen molar-refractivity contribution in [2.75, 3.05) is 84.0 Å². The molecule has 0 fully saturated rings. The predicted octanol–water partition coefficient (Wildman–Crippen LogP) is 10.6. The van der Waals surface area contributed by atoms with Gasteiger partial charge in [-0.1, -0.05) is 60.7 Å². The van der Waals surface area contributed by atoms with Gasteiger partial charge in [0.25, 0.3) is 9.05 Å². The molecule has 0 radical (unpaired) electrons. The summed E-state index contributed by atoms with van der Waals surface area (Å²) in [5.74, 6) is 1.89. The van der Waals surface area contributed by atoms with E-state index in [0.29, 0.717) is 93.2 Å². The molecule has 0 aromatic heterocycles. The molecule has 0 N–H and O–H groups in total. The lowest BCUT2D eigenvalue weighted by molar-refractivity contribution is 0.171. The van der Waals surface area contributed by atoms with E-state index in [-0.39, 0.29) is 14.7 Å². The Hall–Kier alpha value is -4.40. The summed E-state index contributed by atoms with van der Waals surface area (Å²) in [6.07, 6.45) is 15.0. The van der Waals surface area contributed by atoms with Gasteiger partial charge in [0.2, 0.25) is 49.0 Å². The Labute approximate surface area is 543 Å². The molecule has 480 valence electrons. The number of fused-ring (bicyclic) bond motifs is 6. The molecule has 19 nitrogen and oxygen atoms in total. The van der Waals surface area contributed by atoms with Crippen molar-refractivity contribution in [2.24, 2.45) is 0 Å². The number of para-hydroxylation sites is 2. The standard InChI is InChI=1S/C18H19NO6S2.2C10H13NO2S.C10H12.C8H7ClO4S.CH3ClO2S.Al.3ClH/c1-26(20,21)19-8-2-3-13-11-14(4-6-16(13)19)27(22,23)15-5-7-17-18(12-15)25-10-9-24-17;2*1-14(12,13)11-8-4-6-9-5-2-3-7-10(9)11;1-2-6-10-8-4-3-7-9(10)5-1;9-14(10,11)6-1-2-7-8(5-6)13-4-3-12-7;1-5(2,3)4;;;;/h4-7,11-12H,2-3,8-10H2,1H3;2*2-3,5,7H,4,6,8H2,1H3;1-2,5-6H,3-4,7-8H2;1-2,5H,3-4H2;1H3;;3*1H/q;;;;;;+3;;;/p-3. The summed E-state index contributed by atoms with van der Waals surface area (Å²) >= 11 is -1.72. The summed E-state index contributed by atoms with van der Waals surface area (Å²) in [4.78, 5) is 0.263. The second-order valence-corrected chi connectivity index (χ2v) is 40.0. The first kappa shape index (κ1) is 72.7. The average molecular weight is 1450 g/mol. The smallest absolute Gasteiger partial charge is 0.486 e. The predicted molar refractivity (Wildman–Crippen MR) is 351 cm³/mol. The third kappa shape index (κ3) is 22.2. The molecular formula is C57H67AlCl5N3O16S6. The molecule has 0 saturated heterocycles. The molecule has 0 saturated carbocycles. The van der Waals surface area contributed by atoms with Crippen LogP contribution in [0.2, 0.25) is 0 Å². The van der Waals surface area contributed by atoms with Crippen LogP contribution in [0.5, 0.6) is 23.0 Å². The number of hydrogen-bond donors (Lipinski definition) is 0. The van der Waals surface area contributed by atoms with Crippen LogP contribution in [0.4, 0.5) is 17.1 Å². The molecule has 0 unspecified atom stereocenters. The van der Waals surface area contributed by atoms with Crippen LogP contribution in [0.25, 0.3) is 0 Å². The van der Waals surface area contributed by atoms with E-state index in [1.165, 1.54) is 87.5 Å². The number of nitrogens with zero attached hydrogens (tertiary/aromatic N) is 3. The van der Waals surface area contributed by atoms with Crippen LogP contribution in [-0.4, -0.2) is 133 Å². The number of sulfonamides is 3. The van der Waals surface area contributed by atoms with E-state index in [1.54, 1.807) is 29.3 Å². The van der Waals surface area contributed by atoms with Gasteiger partial charge in [0, 0.05) is 53.1 Å². The second kappa shape index (κ2) is 32.2. The highest BCUT2D eigenvalue weighted by Crippen LogP contribution is 2.38. The molecule has 0 bridgehead atoms. The first-order chi connectivity index (χ1) is 41.2. The highest BCUT2D eigenvalue weighted by molar-refractivity contribution is 8.13. The number of aryl methyl sites for hydroxylation is 5. The quantitative estimate of drug-likeness (QED) is 0.111. The van der Waals surface area contributed by atoms with Crippen LogP contribution in [0.3, 0.4) is 0 Å². The van der Waals surface area contributed by atoms with Crippen molar-refractivity contribution < 1.29 is 69.5 Å². The second-order valence-electron chi connectivity index (χ2n) is 20.3. The molecule has 0 spiro atoms. The van der Waals surface area contributed by atoms with E-state index in [0.717, 1.165) is 60.7 Å². The Morgan fingerprint density at radius 3 is 1.05 bits per heavy atom. The third-order valence-electron chi connectivity index (χ3n) is 13.7. The topological polar surface area (TPSA) is 251 Å². The number of benzene rings is 6.